The Labute approximate surface area is 110 Å². The van der Waals surface area contributed by atoms with Crippen molar-refractivity contribution < 1.29 is 13.6 Å². The molecule has 0 unspecified atom stereocenters. The highest BCUT2D eigenvalue weighted by Crippen LogP contribution is 2.15. The van der Waals surface area contributed by atoms with Crippen LogP contribution in [0.5, 0.6) is 0 Å². The van der Waals surface area contributed by atoms with Crippen LogP contribution < -0.4 is 5.32 Å². The van der Waals surface area contributed by atoms with Gasteiger partial charge in [0.25, 0.3) is 0 Å². The molecular formula is C12H18F2N4O. The van der Waals surface area contributed by atoms with E-state index in [2.05, 4.69) is 10.3 Å². The van der Waals surface area contributed by atoms with Crippen LogP contribution in [0, 0.1) is 0 Å². The summed E-state index contributed by atoms with van der Waals surface area (Å²) in [5.41, 5.74) is 0. The molecule has 0 aliphatic carbocycles. The van der Waals surface area contributed by atoms with Gasteiger partial charge in [-0.05, 0) is 19.4 Å². The summed E-state index contributed by atoms with van der Waals surface area (Å²) in [7, 11) is 1.61. The molecule has 2 heterocycles. The number of hydrogen-bond acceptors (Lipinski definition) is 3. The van der Waals surface area contributed by atoms with E-state index in [1.54, 1.807) is 7.05 Å². The molecule has 106 valence electrons. The van der Waals surface area contributed by atoms with Crippen molar-refractivity contribution in [1.82, 2.24) is 19.8 Å². The first-order valence-electron chi connectivity index (χ1n) is 6.38. The summed E-state index contributed by atoms with van der Waals surface area (Å²) in [4.78, 5) is 17.5. The van der Waals surface area contributed by atoms with Crippen molar-refractivity contribution in [1.29, 1.82) is 0 Å². The van der Waals surface area contributed by atoms with E-state index >= 15 is 0 Å². The van der Waals surface area contributed by atoms with Gasteiger partial charge in [0.2, 0.25) is 5.91 Å². The van der Waals surface area contributed by atoms with E-state index in [9.17, 15) is 13.6 Å². The third-order valence-corrected chi connectivity index (χ3v) is 3.32. The molecule has 1 saturated heterocycles. The van der Waals surface area contributed by atoms with Crippen LogP contribution in [0.25, 0.3) is 0 Å². The first kappa shape index (κ1) is 13.9. The van der Waals surface area contributed by atoms with Crippen LogP contribution in [0.1, 0.15) is 31.6 Å². The van der Waals surface area contributed by atoms with Gasteiger partial charge in [-0.1, -0.05) is 6.42 Å². The second-order valence-corrected chi connectivity index (χ2v) is 4.73. The average molecular weight is 272 g/mol. The number of carbonyl (C=O) groups is 1. The van der Waals surface area contributed by atoms with Crippen LogP contribution in [-0.2, 0) is 11.3 Å². The van der Waals surface area contributed by atoms with E-state index in [-0.39, 0.29) is 24.3 Å². The Hall–Kier alpha value is -1.50. The molecule has 1 atom stereocenters. The average Bonchev–Trinajstić information content (AvgIpc) is 2.87. The Morgan fingerprint density at radius 2 is 2.42 bits per heavy atom. The Bertz CT molecular complexity index is 429. The van der Waals surface area contributed by atoms with Gasteiger partial charge < -0.3 is 10.2 Å². The van der Waals surface area contributed by atoms with E-state index in [0.29, 0.717) is 0 Å². The van der Waals surface area contributed by atoms with Gasteiger partial charge in [0.1, 0.15) is 5.82 Å². The van der Waals surface area contributed by atoms with Crippen LogP contribution >= 0.6 is 0 Å². The van der Waals surface area contributed by atoms with Crippen LogP contribution in [0.2, 0.25) is 0 Å². The summed E-state index contributed by atoms with van der Waals surface area (Å²) in [5.74, 6) is 0.130. The molecule has 1 aromatic heterocycles. The maximum Gasteiger partial charge on any atom is 0.319 e. The van der Waals surface area contributed by atoms with Crippen molar-refractivity contribution in [2.45, 2.75) is 38.4 Å². The fraction of sp³-hybridized carbons (Fsp3) is 0.667. The summed E-state index contributed by atoms with van der Waals surface area (Å²) in [6, 6.07) is -0.200. The third kappa shape index (κ3) is 3.28. The van der Waals surface area contributed by atoms with Gasteiger partial charge >= 0.3 is 6.55 Å². The normalized spacial score (nSPS) is 19.7. The zero-order valence-corrected chi connectivity index (χ0v) is 10.9. The number of carbonyl (C=O) groups excluding carboxylic acids is 1. The summed E-state index contributed by atoms with van der Waals surface area (Å²) in [6.45, 7) is -1.71. The number of likely N-dealkylation sites (N-methyl/N-ethyl adjacent to an activating group) is 1. The van der Waals surface area contributed by atoms with Gasteiger partial charge in [-0.25, -0.2) is 4.98 Å². The fourth-order valence-electron chi connectivity index (χ4n) is 2.26. The molecule has 0 spiro atoms. The molecule has 0 aromatic carbocycles. The summed E-state index contributed by atoms with van der Waals surface area (Å²) in [5, 5.41) is 3.15. The molecule has 5 nitrogen and oxygen atoms in total. The second kappa shape index (κ2) is 6.10. The molecule has 1 N–H and O–H groups in total. The van der Waals surface area contributed by atoms with Crippen LogP contribution in [-0.4, -0.2) is 40.0 Å². The molecule has 1 fully saturated rings. The molecule has 1 aromatic rings. The van der Waals surface area contributed by atoms with Gasteiger partial charge in [-0.15, -0.1) is 0 Å². The Morgan fingerprint density at radius 3 is 3.05 bits per heavy atom. The minimum Gasteiger partial charge on any atom is -0.337 e. The molecule has 0 saturated carbocycles. The largest absolute Gasteiger partial charge is 0.337 e. The quantitative estimate of drug-likeness (QED) is 0.901. The molecule has 19 heavy (non-hydrogen) atoms. The number of amides is 1. The Kier molecular flexibility index (Phi) is 4.47. The lowest BCUT2D eigenvalue weighted by molar-refractivity contribution is -0.133. The number of nitrogens with zero attached hydrogens (tertiary/aromatic N) is 3. The molecule has 2 rings (SSSR count). The Balaban J connectivity index is 1.97. The number of aromatic nitrogens is 2. The van der Waals surface area contributed by atoms with Crippen molar-refractivity contribution >= 4 is 5.91 Å². The number of alkyl halides is 2. The van der Waals surface area contributed by atoms with E-state index < -0.39 is 6.55 Å². The zero-order valence-electron chi connectivity index (χ0n) is 10.9. The lowest BCUT2D eigenvalue weighted by Crippen LogP contribution is -2.47. The number of halogens is 2. The van der Waals surface area contributed by atoms with Crippen molar-refractivity contribution in [3.8, 4) is 0 Å². The van der Waals surface area contributed by atoms with Crippen molar-refractivity contribution in [2.75, 3.05) is 13.6 Å². The van der Waals surface area contributed by atoms with Gasteiger partial charge in [-0.2, -0.15) is 8.78 Å². The highest BCUT2D eigenvalue weighted by molar-refractivity contribution is 5.81. The lowest BCUT2D eigenvalue weighted by Gasteiger charge is -2.27. The monoisotopic (exact) mass is 272 g/mol. The van der Waals surface area contributed by atoms with Crippen LogP contribution in [0.4, 0.5) is 8.78 Å². The van der Waals surface area contributed by atoms with Gasteiger partial charge in [0.15, 0.2) is 0 Å². The summed E-state index contributed by atoms with van der Waals surface area (Å²) < 4.78 is 26.1. The van der Waals surface area contributed by atoms with Gasteiger partial charge in [0.05, 0.1) is 12.6 Å². The van der Waals surface area contributed by atoms with Crippen LogP contribution in [0.15, 0.2) is 12.4 Å². The van der Waals surface area contributed by atoms with E-state index in [1.807, 2.05) is 0 Å². The first-order chi connectivity index (χ1) is 9.09. The SMILES string of the molecule is CN(Cc1nccn1C(F)F)C(=O)[C@H]1CCCCN1. The molecule has 1 aliphatic heterocycles. The number of piperidine rings is 1. The Morgan fingerprint density at radius 1 is 1.63 bits per heavy atom. The minimum atomic E-state index is -2.63. The number of rotatable bonds is 4. The summed E-state index contributed by atoms with van der Waals surface area (Å²) >= 11 is 0. The van der Waals surface area contributed by atoms with E-state index in [0.717, 1.165) is 30.4 Å². The van der Waals surface area contributed by atoms with Crippen LogP contribution in [0.3, 0.4) is 0 Å². The highest BCUT2D eigenvalue weighted by atomic mass is 19.3. The van der Waals surface area contributed by atoms with Crippen molar-refractivity contribution in [3.05, 3.63) is 18.2 Å². The van der Waals surface area contributed by atoms with Gasteiger partial charge in [0, 0.05) is 19.4 Å². The molecule has 0 radical (unpaired) electrons. The highest BCUT2D eigenvalue weighted by Gasteiger charge is 2.24. The number of hydrogen-bond donors (Lipinski definition) is 1. The van der Waals surface area contributed by atoms with Gasteiger partial charge in [-0.3, -0.25) is 9.36 Å². The minimum absolute atomic E-state index is 0.0662. The fourth-order valence-corrected chi connectivity index (χ4v) is 2.26. The number of imidazole rings is 1. The van der Waals surface area contributed by atoms with Crippen molar-refractivity contribution in [3.63, 3.8) is 0 Å². The molecule has 1 amide bonds. The van der Waals surface area contributed by atoms with E-state index in [4.69, 9.17) is 0 Å². The van der Waals surface area contributed by atoms with Crippen molar-refractivity contribution in [2.24, 2.45) is 0 Å². The topological polar surface area (TPSA) is 50.2 Å². The number of nitrogens with one attached hydrogen (secondary N) is 1. The standard InChI is InChI=1S/C12H18F2N4O/c1-17(11(19)9-4-2-3-5-15-9)8-10-16-6-7-18(10)12(13)14/h6-7,9,12,15H,2-5,8H2,1H3/t9-/m1/s1. The molecule has 7 heteroatoms. The second-order valence-electron chi connectivity index (χ2n) is 4.73. The molecular weight excluding hydrogens is 254 g/mol. The first-order valence-corrected chi connectivity index (χ1v) is 6.38. The molecule has 1 aliphatic rings. The lowest BCUT2D eigenvalue weighted by atomic mass is 10.0. The smallest absolute Gasteiger partial charge is 0.319 e. The molecule has 0 bridgehead atoms. The third-order valence-electron chi connectivity index (χ3n) is 3.32. The zero-order chi connectivity index (χ0) is 13.8. The predicted molar refractivity (Wildman–Crippen MR) is 65.6 cm³/mol. The maximum absolute atomic E-state index is 12.7. The van der Waals surface area contributed by atoms with E-state index in [1.165, 1.54) is 17.3 Å². The maximum atomic E-state index is 12.7. The summed E-state index contributed by atoms with van der Waals surface area (Å²) in [6.07, 6.45) is 5.43. The predicted octanol–water partition coefficient (Wildman–Crippen LogP) is 1.38.